The largest absolute Gasteiger partial charge is 0.322 e. The molecule has 3 rings (SSSR count). The second-order valence-corrected chi connectivity index (χ2v) is 4.77. The quantitative estimate of drug-likeness (QED) is 0.718. The number of hydrogen-bond acceptors (Lipinski definition) is 2. The van der Waals surface area contributed by atoms with Crippen molar-refractivity contribution in [3.05, 3.63) is 71.5 Å². The summed E-state index contributed by atoms with van der Waals surface area (Å²) in [5, 5.41) is 5.29. The fourth-order valence-corrected chi connectivity index (χ4v) is 2.19. The number of halogens is 1. The molecule has 0 radical (unpaired) electrons. The van der Waals surface area contributed by atoms with Gasteiger partial charge in [-0.25, -0.2) is 4.98 Å². The van der Waals surface area contributed by atoms with Gasteiger partial charge in [0.2, 0.25) is 0 Å². The van der Waals surface area contributed by atoms with Crippen molar-refractivity contribution < 1.29 is 4.79 Å². The van der Waals surface area contributed by atoms with E-state index in [1.807, 2.05) is 36.4 Å². The van der Waals surface area contributed by atoms with Gasteiger partial charge < -0.3 is 5.32 Å². The van der Waals surface area contributed by atoms with Crippen molar-refractivity contribution in [3.8, 4) is 0 Å². The van der Waals surface area contributed by atoms with Crippen LogP contribution in [0.1, 0.15) is 10.4 Å². The molecule has 0 fully saturated rings. The number of carbonyl (C=O) groups is 1. The minimum Gasteiger partial charge on any atom is -0.322 e. The predicted molar refractivity (Wildman–Crippen MR) is 81.1 cm³/mol. The third-order valence-electron chi connectivity index (χ3n) is 3.00. The fourth-order valence-electron chi connectivity index (χ4n) is 2.01. The zero-order chi connectivity index (χ0) is 13.9. The number of benzene rings is 2. The van der Waals surface area contributed by atoms with E-state index in [0.717, 1.165) is 10.8 Å². The van der Waals surface area contributed by atoms with Gasteiger partial charge in [0.15, 0.2) is 0 Å². The highest BCUT2D eigenvalue weighted by molar-refractivity contribution is 6.29. The van der Waals surface area contributed by atoms with Gasteiger partial charge >= 0.3 is 0 Å². The van der Waals surface area contributed by atoms with Gasteiger partial charge in [-0.1, -0.05) is 41.9 Å². The van der Waals surface area contributed by atoms with Crippen LogP contribution in [0.3, 0.4) is 0 Å². The second kappa shape index (κ2) is 5.31. The van der Waals surface area contributed by atoms with Crippen LogP contribution in [-0.4, -0.2) is 10.9 Å². The maximum atomic E-state index is 12.2. The number of anilines is 1. The summed E-state index contributed by atoms with van der Waals surface area (Å²) >= 11 is 5.79. The first kappa shape index (κ1) is 12.6. The Balaban J connectivity index is 1.88. The van der Waals surface area contributed by atoms with Crippen molar-refractivity contribution in [2.45, 2.75) is 0 Å². The van der Waals surface area contributed by atoms with E-state index in [2.05, 4.69) is 10.3 Å². The third-order valence-corrected chi connectivity index (χ3v) is 3.20. The number of rotatable bonds is 2. The Morgan fingerprint density at radius 1 is 1.00 bits per heavy atom. The molecule has 20 heavy (non-hydrogen) atoms. The lowest BCUT2D eigenvalue weighted by atomic mass is 10.1. The number of carbonyl (C=O) groups excluding carboxylic acids is 1. The van der Waals surface area contributed by atoms with E-state index in [9.17, 15) is 4.79 Å². The summed E-state index contributed by atoms with van der Waals surface area (Å²) in [5.74, 6) is -0.169. The summed E-state index contributed by atoms with van der Waals surface area (Å²) in [7, 11) is 0. The molecule has 0 aliphatic heterocycles. The lowest BCUT2D eigenvalue weighted by molar-refractivity contribution is 0.102. The number of aromatic nitrogens is 1. The highest BCUT2D eigenvalue weighted by Gasteiger charge is 2.07. The van der Waals surface area contributed by atoms with Gasteiger partial charge in [0, 0.05) is 17.4 Å². The van der Waals surface area contributed by atoms with Gasteiger partial charge in [-0.05, 0) is 35.0 Å². The lowest BCUT2D eigenvalue weighted by Gasteiger charge is -2.06. The average Bonchev–Trinajstić information content (AvgIpc) is 2.47. The van der Waals surface area contributed by atoms with E-state index in [1.54, 1.807) is 24.4 Å². The molecule has 0 saturated heterocycles. The monoisotopic (exact) mass is 282 g/mol. The van der Waals surface area contributed by atoms with E-state index in [-0.39, 0.29) is 5.91 Å². The summed E-state index contributed by atoms with van der Waals surface area (Å²) in [5.41, 5.74) is 1.24. The molecule has 3 aromatic rings. The number of hydrogen-bond donors (Lipinski definition) is 1. The first-order valence-electron chi connectivity index (χ1n) is 6.14. The third kappa shape index (κ3) is 2.63. The molecule has 2 aromatic carbocycles. The number of pyridine rings is 1. The molecule has 1 N–H and O–H groups in total. The number of fused-ring (bicyclic) bond motifs is 1. The predicted octanol–water partition coefficient (Wildman–Crippen LogP) is 4.14. The highest BCUT2D eigenvalue weighted by Crippen LogP contribution is 2.17. The lowest BCUT2D eigenvalue weighted by Crippen LogP contribution is -2.11. The van der Waals surface area contributed by atoms with Gasteiger partial charge in [0.25, 0.3) is 5.91 Å². The Labute approximate surface area is 121 Å². The van der Waals surface area contributed by atoms with E-state index >= 15 is 0 Å². The van der Waals surface area contributed by atoms with Crippen LogP contribution in [0.5, 0.6) is 0 Å². The Morgan fingerprint density at radius 3 is 2.60 bits per heavy atom. The molecule has 1 amide bonds. The maximum absolute atomic E-state index is 12.2. The van der Waals surface area contributed by atoms with Crippen LogP contribution in [0, 0.1) is 0 Å². The molecule has 1 aromatic heterocycles. The van der Waals surface area contributed by atoms with E-state index in [4.69, 9.17) is 11.6 Å². The van der Waals surface area contributed by atoms with Crippen LogP contribution < -0.4 is 5.32 Å². The average molecular weight is 283 g/mol. The number of amides is 1. The molecule has 0 unspecified atom stereocenters. The normalized spacial score (nSPS) is 10.4. The molecule has 0 saturated carbocycles. The molecule has 3 nitrogen and oxygen atoms in total. The summed E-state index contributed by atoms with van der Waals surface area (Å²) < 4.78 is 0. The fraction of sp³-hybridized carbons (Fsp3) is 0. The minimum atomic E-state index is -0.169. The van der Waals surface area contributed by atoms with Gasteiger partial charge in [-0.2, -0.15) is 0 Å². The first-order chi connectivity index (χ1) is 9.72. The highest BCUT2D eigenvalue weighted by atomic mass is 35.5. The molecule has 0 atom stereocenters. The van der Waals surface area contributed by atoms with Crippen molar-refractivity contribution in [2.24, 2.45) is 0 Å². The van der Waals surface area contributed by atoms with Crippen LogP contribution in [0.2, 0.25) is 5.15 Å². The molecule has 1 heterocycles. The standard InChI is InChI=1S/C16H11ClN2O/c17-15-10-14(7-8-18-15)19-16(20)13-6-5-11-3-1-2-4-12(11)9-13/h1-10H,(H,18,19,20). The van der Waals surface area contributed by atoms with Crippen LogP contribution in [0.25, 0.3) is 10.8 Å². The minimum absolute atomic E-state index is 0.169. The van der Waals surface area contributed by atoms with Crippen molar-refractivity contribution in [3.63, 3.8) is 0 Å². The van der Waals surface area contributed by atoms with Crippen molar-refractivity contribution in [1.29, 1.82) is 0 Å². The zero-order valence-electron chi connectivity index (χ0n) is 10.5. The molecular formula is C16H11ClN2O. The Bertz CT molecular complexity index is 786. The topological polar surface area (TPSA) is 42.0 Å². The SMILES string of the molecule is O=C(Nc1ccnc(Cl)c1)c1ccc2ccccc2c1. The molecular weight excluding hydrogens is 272 g/mol. The molecule has 0 aliphatic carbocycles. The van der Waals surface area contributed by atoms with Gasteiger partial charge in [-0.15, -0.1) is 0 Å². The summed E-state index contributed by atoms with van der Waals surface area (Å²) in [6.07, 6.45) is 1.55. The van der Waals surface area contributed by atoms with Gasteiger partial charge in [0.1, 0.15) is 5.15 Å². The van der Waals surface area contributed by atoms with Crippen LogP contribution in [0.4, 0.5) is 5.69 Å². The summed E-state index contributed by atoms with van der Waals surface area (Å²) in [6.45, 7) is 0. The van der Waals surface area contributed by atoms with Crippen LogP contribution in [0.15, 0.2) is 60.8 Å². The molecule has 0 aliphatic rings. The molecule has 4 heteroatoms. The zero-order valence-corrected chi connectivity index (χ0v) is 11.3. The molecule has 98 valence electrons. The first-order valence-corrected chi connectivity index (χ1v) is 6.52. The number of nitrogens with zero attached hydrogens (tertiary/aromatic N) is 1. The van der Waals surface area contributed by atoms with Crippen molar-refractivity contribution in [1.82, 2.24) is 4.98 Å². The summed E-state index contributed by atoms with van der Waals surface area (Å²) in [6, 6.07) is 16.8. The molecule has 0 spiro atoms. The number of nitrogens with one attached hydrogen (secondary N) is 1. The van der Waals surface area contributed by atoms with Crippen LogP contribution in [-0.2, 0) is 0 Å². The van der Waals surface area contributed by atoms with Gasteiger partial charge in [0.05, 0.1) is 0 Å². The Hall–Kier alpha value is -2.39. The van der Waals surface area contributed by atoms with Crippen molar-refractivity contribution in [2.75, 3.05) is 5.32 Å². The van der Waals surface area contributed by atoms with E-state index in [1.165, 1.54) is 0 Å². The maximum Gasteiger partial charge on any atom is 0.255 e. The molecule has 0 bridgehead atoms. The Kier molecular flexibility index (Phi) is 3.35. The smallest absolute Gasteiger partial charge is 0.255 e. The van der Waals surface area contributed by atoms with Crippen molar-refractivity contribution >= 4 is 34.0 Å². The van der Waals surface area contributed by atoms with Gasteiger partial charge in [-0.3, -0.25) is 4.79 Å². The van der Waals surface area contributed by atoms with Crippen LogP contribution >= 0.6 is 11.6 Å². The summed E-state index contributed by atoms with van der Waals surface area (Å²) in [4.78, 5) is 16.1. The second-order valence-electron chi connectivity index (χ2n) is 4.38. The van der Waals surface area contributed by atoms with E-state index < -0.39 is 0 Å². The van der Waals surface area contributed by atoms with E-state index in [0.29, 0.717) is 16.4 Å². The Morgan fingerprint density at radius 2 is 1.80 bits per heavy atom.